The highest BCUT2D eigenvalue weighted by molar-refractivity contribution is 6.42. The number of nitrogens with zero attached hydrogens (tertiary/aromatic N) is 2. The van der Waals surface area contributed by atoms with Crippen molar-refractivity contribution in [3.63, 3.8) is 0 Å². The first-order valence-corrected chi connectivity index (χ1v) is 7.86. The van der Waals surface area contributed by atoms with Crippen LogP contribution in [0.3, 0.4) is 0 Å². The van der Waals surface area contributed by atoms with Crippen molar-refractivity contribution in [1.29, 1.82) is 0 Å². The van der Waals surface area contributed by atoms with E-state index in [9.17, 15) is 5.21 Å². The number of benzene rings is 1. The van der Waals surface area contributed by atoms with E-state index in [4.69, 9.17) is 23.2 Å². The van der Waals surface area contributed by atoms with Gasteiger partial charge in [-0.1, -0.05) is 34.4 Å². The zero-order chi connectivity index (χ0) is 13.9. The minimum Gasteiger partial charge on any atom is -0.411 e. The van der Waals surface area contributed by atoms with Gasteiger partial charge in [0.05, 0.1) is 15.8 Å². The van der Waals surface area contributed by atoms with Gasteiger partial charge in [0.2, 0.25) is 0 Å². The molecule has 3 aliphatic heterocycles. The van der Waals surface area contributed by atoms with Crippen LogP contribution in [0.1, 0.15) is 30.7 Å². The lowest BCUT2D eigenvalue weighted by atomic mass is 9.77. The maximum Gasteiger partial charge on any atom is 0.0763 e. The highest BCUT2D eigenvalue weighted by atomic mass is 35.5. The van der Waals surface area contributed by atoms with E-state index >= 15 is 0 Å². The summed E-state index contributed by atoms with van der Waals surface area (Å²) in [6.07, 6.45) is 3.60. The molecule has 5 heteroatoms. The van der Waals surface area contributed by atoms with Crippen LogP contribution in [0.15, 0.2) is 23.4 Å². The first-order chi connectivity index (χ1) is 9.69. The van der Waals surface area contributed by atoms with Crippen molar-refractivity contribution in [3.8, 4) is 0 Å². The number of piperidine rings is 1. The molecule has 3 heterocycles. The van der Waals surface area contributed by atoms with Crippen molar-refractivity contribution in [2.45, 2.75) is 37.3 Å². The summed E-state index contributed by atoms with van der Waals surface area (Å²) >= 11 is 12.2. The van der Waals surface area contributed by atoms with E-state index in [1.54, 1.807) is 0 Å². The van der Waals surface area contributed by atoms with Gasteiger partial charge < -0.3 is 5.21 Å². The van der Waals surface area contributed by atoms with E-state index < -0.39 is 0 Å². The molecule has 0 aromatic heterocycles. The van der Waals surface area contributed by atoms with Crippen LogP contribution in [-0.4, -0.2) is 34.4 Å². The quantitative estimate of drug-likeness (QED) is 0.633. The van der Waals surface area contributed by atoms with Crippen LogP contribution in [0.25, 0.3) is 0 Å². The summed E-state index contributed by atoms with van der Waals surface area (Å²) in [4.78, 5) is 2.52. The number of hydrogen-bond donors (Lipinski definition) is 1. The molecule has 0 aliphatic carbocycles. The fourth-order valence-electron chi connectivity index (χ4n) is 4.49. The van der Waals surface area contributed by atoms with Gasteiger partial charge in [-0.3, -0.25) is 4.90 Å². The van der Waals surface area contributed by atoms with E-state index in [2.05, 4.69) is 16.1 Å². The standard InChI is InChI=1S/C15H16Cl2N2O/c16-11-3-1-8(5-12(11)17)10-6-9-2-4-14-15(10)13(18-20)7-19(9)14/h1,3,5,9-10,14-15,20H,2,4,6-7H2/t9-,10+,14+,15+/m0/s1. The summed E-state index contributed by atoms with van der Waals surface area (Å²) in [5.41, 5.74) is 2.16. The van der Waals surface area contributed by atoms with Gasteiger partial charge in [0.15, 0.2) is 0 Å². The second kappa shape index (κ2) is 4.62. The van der Waals surface area contributed by atoms with Crippen molar-refractivity contribution in [2.75, 3.05) is 6.54 Å². The molecular formula is C15H16Cl2N2O. The summed E-state index contributed by atoms with van der Waals surface area (Å²) in [5, 5.41) is 14.1. The molecule has 0 radical (unpaired) electrons. The summed E-state index contributed by atoms with van der Waals surface area (Å²) < 4.78 is 0. The zero-order valence-corrected chi connectivity index (χ0v) is 12.5. The molecule has 5 atom stereocenters. The van der Waals surface area contributed by atoms with Crippen molar-refractivity contribution in [2.24, 2.45) is 11.1 Å². The van der Waals surface area contributed by atoms with E-state index in [-0.39, 0.29) is 0 Å². The van der Waals surface area contributed by atoms with Gasteiger partial charge in [-0.2, -0.15) is 0 Å². The molecule has 0 amide bonds. The minimum absolute atomic E-state index is 0.330. The van der Waals surface area contributed by atoms with Gasteiger partial charge >= 0.3 is 0 Å². The predicted octanol–water partition coefficient (Wildman–Crippen LogP) is 3.77. The van der Waals surface area contributed by atoms with Crippen molar-refractivity contribution in [3.05, 3.63) is 33.8 Å². The van der Waals surface area contributed by atoms with Crippen molar-refractivity contribution in [1.82, 2.24) is 4.90 Å². The Labute approximate surface area is 128 Å². The van der Waals surface area contributed by atoms with Crippen LogP contribution in [0, 0.1) is 5.92 Å². The second-order valence-corrected chi connectivity index (χ2v) is 6.92. The smallest absolute Gasteiger partial charge is 0.0763 e. The van der Waals surface area contributed by atoms with Crippen LogP contribution >= 0.6 is 23.2 Å². The van der Waals surface area contributed by atoms with Gasteiger partial charge in [0, 0.05) is 24.5 Å². The summed E-state index contributed by atoms with van der Waals surface area (Å²) in [7, 11) is 0. The molecule has 4 rings (SSSR count). The molecule has 0 saturated carbocycles. The Balaban J connectivity index is 1.76. The third-order valence-corrected chi connectivity index (χ3v) is 6.03. The lowest BCUT2D eigenvalue weighted by Gasteiger charge is -2.36. The highest BCUT2D eigenvalue weighted by Crippen LogP contribution is 2.51. The molecule has 3 fully saturated rings. The van der Waals surface area contributed by atoms with E-state index in [0.717, 1.165) is 18.7 Å². The molecule has 20 heavy (non-hydrogen) atoms. The fourth-order valence-corrected chi connectivity index (χ4v) is 4.80. The lowest BCUT2D eigenvalue weighted by Crippen LogP contribution is -2.40. The van der Waals surface area contributed by atoms with Gasteiger partial charge in [0.1, 0.15) is 0 Å². The number of rotatable bonds is 1. The van der Waals surface area contributed by atoms with Crippen LogP contribution in [0.5, 0.6) is 0 Å². The molecular weight excluding hydrogens is 295 g/mol. The van der Waals surface area contributed by atoms with Crippen LogP contribution in [0.2, 0.25) is 10.0 Å². The Kier molecular flexibility index (Phi) is 2.99. The summed E-state index contributed by atoms with van der Waals surface area (Å²) in [6.45, 7) is 0.828. The third kappa shape index (κ3) is 1.73. The topological polar surface area (TPSA) is 35.8 Å². The third-order valence-electron chi connectivity index (χ3n) is 5.29. The number of halogens is 2. The largest absolute Gasteiger partial charge is 0.411 e. The molecule has 3 aliphatic rings. The SMILES string of the molecule is ON=C1CN2[C@H]3CC[C@@H]2[C@@H]1[C@@H](c1ccc(Cl)c(Cl)c1)C3. The molecule has 4 bridgehead atoms. The fraction of sp³-hybridized carbons (Fsp3) is 0.533. The molecule has 0 spiro atoms. The molecule has 1 aromatic rings. The van der Waals surface area contributed by atoms with Gasteiger partial charge in [0.25, 0.3) is 0 Å². The predicted molar refractivity (Wildman–Crippen MR) is 80.0 cm³/mol. The maximum atomic E-state index is 9.32. The van der Waals surface area contributed by atoms with Gasteiger partial charge in [-0.05, 0) is 42.9 Å². The Morgan fingerprint density at radius 3 is 2.80 bits per heavy atom. The summed E-state index contributed by atoms with van der Waals surface area (Å²) in [5.74, 6) is 0.725. The molecule has 3 nitrogen and oxygen atoms in total. The van der Waals surface area contributed by atoms with Gasteiger partial charge in [-0.25, -0.2) is 0 Å². The highest BCUT2D eigenvalue weighted by Gasteiger charge is 2.54. The van der Waals surface area contributed by atoms with Crippen LogP contribution in [0.4, 0.5) is 0 Å². The second-order valence-electron chi connectivity index (χ2n) is 6.10. The monoisotopic (exact) mass is 310 g/mol. The Morgan fingerprint density at radius 2 is 2.05 bits per heavy atom. The first-order valence-electron chi connectivity index (χ1n) is 7.10. The molecule has 1 unspecified atom stereocenters. The Bertz CT molecular complexity index is 589. The number of oxime groups is 1. The average Bonchev–Trinajstić information content (AvgIpc) is 2.87. The Morgan fingerprint density at radius 1 is 1.20 bits per heavy atom. The molecule has 106 valence electrons. The maximum absolute atomic E-state index is 9.32. The minimum atomic E-state index is 0.330. The van der Waals surface area contributed by atoms with E-state index in [0.29, 0.717) is 34.0 Å². The first kappa shape index (κ1) is 12.9. The van der Waals surface area contributed by atoms with E-state index in [1.807, 2.05) is 12.1 Å². The zero-order valence-electron chi connectivity index (χ0n) is 11.0. The normalized spacial score (nSPS) is 40.5. The molecule has 1 N–H and O–H groups in total. The lowest BCUT2D eigenvalue weighted by molar-refractivity contribution is 0.154. The van der Waals surface area contributed by atoms with Crippen molar-refractivity contribution >= 4 is 28.9 Å². The average molecular weight is 311 g/mol. The van der Waals surface area contributed by atoms with Crippen LogP contribution in [-0.2, 0) is 0 Å². The van der Waals surface area contributed by atoms with Crippen LogP contribution < -0.4 is 0 Å². The molecule has 3 saturated heterocycles. The summed E-state index contributed by atoms with van der Waals surface area (Å²) in [6, 6.07) is 7.09. The molecule has 1 aromatic carbocycles. The number of hydrogen-bond acceptors (Lipinski definition) is 3. The van der Waals surface area contributed by atoms with Crippen molar-refractivity contribution < 1.29 is 5.21 Å². The van der Waals surface area contributed by atoms with Gasteiger partial charge in [-0.15, -0.1) is 0 Å². The Hall–Kier alpha value is -0.770. The van der Waals surface area contributed by atoms with E-state index in [1.165, 1.54) is 18.4 Å².